The van der Waals surface area contributed by atoms with Crippen molar-refractivity contribution in [3.63, 3.8) is 0 Å². The van der Waals surface area contributed by atoms with Gasteiger partial charge < -0.3 is 25.2 Å². The van der Waals surface area contributed by atoms with E-state index in [2.05, 4.69) is 15.7 Å². The third kappa shape index (κ3) is 8.40. The van der Waals surface area contributed by atoms with Crippen molar-refractivity contribution in [2.45, 2.75) is 83.6 Å². The smallest absolute Gasteiger partial charge is 0.407 e. The first-order valence-electron chi connectivity index (χ1n) is 13.4. The summed E-state index contributed by atoms with van der Waals surface area (Å²) in [5.74, 6) is 0.968. The number of anilines is 2. The number of thiazole rings is 1. The molecule has 4 rings (SSSR count). The van der Waals surface area contributed by atoms with Crippen LogP contribution in [0.25, 0.3) is 10.4 Å². The van der Waals surface area contributed by atoms with Crippen LogP contribution in [0, 0.1) is 0 Å². The highest BCUT2D eigenvalue weighted by Gasteiger charge is 2.26. The van der Waals surface area contributed by atoms with Crippen LogP contribution in [0.4, 0.5) is 20.6 Å². The summed E-state index contributed by atoms with van der Waals surface area (Å²) in [6.07, 6.45) is 8.44. The number of carbonyl (C=O) groups is 1. The highest BCUT2D eigenvalue weighted by molar-refractivity contribution is 7.15. The Hall–Kier alpha value is -3.18. The molecule has 212 valence electrons. The predicted molar refractivity (Wildman–Crippen MR) is 151 cm³/mol. The second-order valence-electron chi connectivity index (χ2n) is 10.8. The van der Waals surface area contributed by atoms with E-state index in [-0.39, 0.29) is 31.4 Å². The molecule has 3 N–H and O–H groups in total. The molecule has 0 aliphatic heterocycles. The normalized spacial score (nSPS) is 17.7. The minimum Gasteiger partial charge on any atom is -0.490 e. The zero-order valence-electron chi connectivity index (χ0n) is 22.9. The molecular formula is C28H38FN5O4S. The van der Waals surface area contributed by atoms with Crippen LogP contribution in [0.5, 0.6) is 5.75 Å². The minimum atomic E-state index is -0.999. The number of carbonyl (C=O) groups excluding carboxylic acids is 1. The minimum absolute atomic E-state index is 0.123. The molecule has 3 aromatic rings. The van der Waals surface area contributed by atoms with Gasteiger partial charge in [-0.3, -0.25) is 4.68 Å². The van der Waals surface area contributed by atoms with Crippen molar-refractivity contribution < 1.29 is 23.8 Å². The molecule has 1 aliphatic rings. The molecule has 39 heavy (non-hydrogen) atoms. The highest BCUT2D eigenvalue weighted by Crippen LogP contribution is 2.41. The monoisotopic (exact) mass is 559 g/mol. The van der Waals surface area contributed by atoms with Crippen LogP contribution < -0.4 is 15.4 Å². The van der Waals surface area contributed by atoms with E-state index in [1.807, 2.05) is 38.2 Å². The van der Waals surface area contributed by atoms with E-state index >= 15 is 0 Å². The number of alkyl halides is 1. The fourth-order valence-electron chi connectivity index (χ4n) is 4.48. The summed E-state index contributed by atoms with van der Waals surface area (Å²) in [4.78, 5) is 17.7. The topological polar surface area (TPSA) is 111 Å². The Balaban J connectivity index is 1.46. The maximum atomic E-state index is 12.6. The number of alkyl carbamates (subject to hydrolysis) is 1. The number of nitrogens with zero attached hydrogens (tertiary/aromatic N) is 3. The Kier molecular flexibility index (Phi) is 9.45. The number of aliphatic hydroxyl groups is 1. The van der Waals surface area contributed by atoms with Crippen molar-refractivity contribution in [1.82, 2.24) is 20.1 Å². The highest BCUT2D eigenvalue weighted by atomic mass is 32.1. The van der Waals surface area contributed by atoms with Crippen LogP contribution in [-0.2, 0) is 11.3 Å². The van der Waals surface area contributed by atoms with Crippen molar-refractivity contribution in [3.05, 3.63) is 41.8 Å². The number of hydrogen-bond acceptors (Lipinski definition) is 8. The van der Waals surface area contributed by atoms with E-state index in [1.165, 1.54) is 0 Å². The number of hydrogen-bond donors (Lipinski definition) is 3. The molecule has 1 aliphatic carbocycles. The number of aromatic nitrogens is 3. The molecule has 11 heteroatoms. The zero-order chi connectivity index (χ0) is 28.0. The van der Waals surface area contributed by atoms with E-state index < -0.39 is 12.3 Å². The Morgan fingerprint density at radius 2 is 2.00 bits per heavy atom. The maximum absolute atomic E-state index is 12.6. The first kappa shape index (κ1) is 28.8. The third-order valence-electron chi connectivity index (χ3n) is 6.33. The quantitative estimate of drug-likeness (QED) is 0.263. The number of rotatable bonds is 11. The molecular weight excluding hydrogens is 521 g/mol. The van der Waals surface area contributed by atoms with Crippen molar-refractivity contribution in [1.29, 1.82) is 0 Å². The van der Waals surface area contributed by atoms with Crippen LogP contribution in [0.3, 0.4) is 0 Å². The molecule has 2 heterocycles. The van der Waals surface area contributed by atoms with Gasteiger partial charge in [-0.1, -0.05) is 0 Å². The number of ether oxygens (including phenoxy) is 2. The van der Waals surface area contributed by atoms with E-state index in [0.717, 1.165) is 52.5 Å². The van der Waals surface area contributed by atoms with Crippen LogP contribution in [0.1, 0.15) is 64.3 Å². The number of amides is 1. The molecule has 0 saturated heterocycles. The van der Waals surface area contributed by atoms with Gasteiger partial charge in [0.15, 0.2) is 0 Å². The molecule has 1 saturated carbocycles. The Morgan fingerprint density at radius 1 is 1.23 bits per heavy atom. The molecule has 0 bridgehead atoms. The molecule has 2 aromatic heterocycles. The summed E-state index contributed by atoms with van der Waals surface area (Å²) in [6, 6.07) is 5.94. The van der Waals surface area contributed by atoms with Crippen molar-refractivity contribution in [3.8, 4) is 16.2 Å². The number of nitrogens with one attached hydrogen (secondary N) is 2. The van der Waals surface area contributed by atoms with Gasteiger partial charge >= 0.3 is 6.09 Å². The first-order chi connectivity index (χ1) is 18.6. The lowest BCUT2D eigenvalue weighted by Crippen LogP contribution is -2.38. The molecule has 1 amide bonds. The van der Waals surface area contributed by atoms with E-state index in [9.17, 15) is 14.3 Å². The van der Waals surface area contributed by atoms with Gasteiger partial charge in [-0.15, -0.1) is 11.3 Å². The van der Waals surface area contributed by atoms with Gasteiger partial charge in [-0.25, -0.2) is 14.2 Å². The van der Waals surface area contributed by atoms with Crippen LogP contribution in [-0.4, -0.2) is 57.0 Å². The van der Waals surface area contributed by atoms with Gasteiger partial charge in [0.2, 0.25) is 0 Å². The SMILES string of the molecule is CC(C)OC(=O)NC1CCC(c2ncc(-c3ccc(Nc4cnn(CCF)c4)cc3OCC(C)(C)O)s2)CC1. The first-order valence-corrected chi connectivity index (χ1v) is 14.2. The van der Waals surface area contributed by atoms with Crippen LogP contribution >= 0.6 is 11.3 Å². The fraction of sp³-hybridized carbons (Fsp3) is 0.536. The van der Waals surface area contributed by atoms with E-state index in [0.29, 0.717) is 11.7 Å². The molecule has 0 radical (unpaired) electrons. The Bertz CT molecular complexity index is 1230. The van der Waals surface area contributed by atoms with Gasteiger partial charge in [0.05, 0.1) is 40.0 Å². The van der Waals surface area contributed by atoms with Gasteiger partial charge in [-0.2, -0.15) is 5.10 Å². The van der Waals surface area contributed by atoms with Crippen molar-refractivity contribution >= 4 is 28.8 Å². The fourth-order valence-corrected chi connectivity index (χ4v) is 5.60. The molecule has 0 spiro atoms. The van der Waals surface area contributed by atoms with Gasteiger partial charge in [0.1, 0.15) is 19.0 Å². The Morgan fingerprint density at radius 3 is 2.69 bits per heavy atom. The summed E-state index contributed by atoms with van der Waals surface area (Å²) in [5.41, 5.74) is 1.43. The largest absolute Gasteiger partial charge is 0.490 e. The lowest BCUT2D eigenvalue weighted by molar-refractivity contribution is 0.0287. The van der Waals surface area contributed by atoms with Gasteiger partial charge in [-0.05, 0) is 65.5 Å². The lowest BCUT2D eigenvalue weighted by atomic mass is 9.86. The molecule has 0 unspecified atom stereocenters. The second kappa shape index (κ2) is 12.8. The number of aryl methyl sites for hydroxylation is 1. The number of benzene rings is 1. The predicted octanol–water partition coefficient (Wildman–Crippen LogP) is 6.03. The molecule has 1 aromatic carbocycles. The third-order valence-corrected chi connectivity index (χ3v) is 7.52. The average molecular weight is 560 g/mol. The average Bonchev–Trinajstić information content (AvgIpc) is 3.53. The lowest BCUT2D eigenvalue weighted by Gasteiger charge is -2.28. The standard InChI is InChI=1S/C28H38FN5O4S/c1-18(2)38-27(35)33-20-7-5-19(6-8-20)26-30-15-25(39-26)23-10-9-21(13-24(23)37-17-28(3,4)36)32-22-14-31-34(16-22)12-11-29/h9-10,13-16,18-20,32,36H,5-8,11-12,17H2,1-4H3,(H,33,35). The maximum Gasteiger partial charge on any atom is 0.407 e. The molecule has 0 atom stereocenters. The van der Waals surface area contributed by atoms with Gasteiger partial charge in [0, 0.05) is 41.7 Å². The van der Waals surface area contributed by atoms with Crippen molar-refractivity contribution in [2.24, 2.45) is 0 Å². The molecule has 9 nitrogen and oxygen atoms in total. The Labute approximate surface area is 232 Å². The van der Waals surface area contributed by atoms with Crippen LogP contribution in [0.15, 0.2) is 36.8 Å². The van der Waals surface area contributed by atoms with Crippen LogP contribution in [0.2, 0.25) is 0 Å². The molecule has 1 fully saturated rings. The summed E-state index contributed by atoms with van der Waals surface area (Å²) in [7, 11) is 0. The zero-order valence-corrected chi connectivity index (χ0v) is 23.8. The summed E-state index contributed by atoms with van der Waals surface area (Å²) < 4.78 is 25.5. The summed E-state index contributed by atoms with van der Waals surface area (Å²) in [6.45, 7) is 6.93. The van der Waals surface area contributed by atoms with E-state index in [4.69, 9.17) is 14.5 Å². The van der Waals surface area contributed by atoms with Gasteiger partial charge in [0.25, 0.3) is 0 Å². The second-order valence-corrected chi connectivity index (χ2v) is 11.9. The summed E-state index contributed by atoms with van der Waals surface area (Å²) in [5, 5.41) is 21.7. The number of halogens is 1. The van der Waals surface area contributed by atoms with Crippen molar-refractivity contribution in [2.75, 3.05) is 18.6 Å². The summed E-state index contributed by atoms with van der Waals surface area (Å²) >= 11 is 1.65. The van der Waals surface area contributed by atoms with E-state index in [1.54, 1.807) is 42.3 Å².